The molecule has 1 N–H and O–H groups in total. The van der Waals surface area contributed by atoms with Gasteiger partial charge in [0, 0.05) is 10.9 Å². The van der Waals surface area contributed by atoms with Crippen molar-refractivity contribution in [2.24, 2.45) is 0 Å². The van der Waals surface area contributed by atoms with E-state index in [0.717, 1.165) is 29.4 Å². The van der Waals surface area contributed by atoms with Gasteiger partial charge in [-0.05, 0) is 60.3 Å². The van der Waals surface area contributed by atoms with Crippen molar-refractivity contribution in [2.45, 2.75) is 31.6 Å². The Kier molecular flexibility index (Phi) is 4.02. The van der Waals surface area contributed by atoms with Gasteiger partial charge in [0.1, 0.15) is 5.82 Å². The maximum Gasteiger partial charge on any atom is 0.199 e. The zero-order chi connectivity index (χ0) is 16.7. The van der Waals surface area contributed by atoms with Crippen LogP contribution in [0.5, 0.6) is 0 Å². The average molecular weight is 356 g/mol. The Morgan fingerprint density at radius 3 is 2.67 bits per heavy atom. The van der Waals surface area contributed by atoms with Crippen molar-refractivity contribution >= 4 is 23.8 Å². The van der Waals surface area contributed by atoms with Crippen molar-refractivity contribution in [3.8, 4) is 5.69 Å². The second-order valence-electron chi connectivity index (χ2n) is 6.20. The highest BCUT2D eigenvalue weighted by atomic mass is 35.5. The van der Waals surface area contributed by atoms with E-state index in [-0.39, 0.29) is 0 Å². The Morgan fingerprint density at radius 2 is 1.92 bits per heavy atom. The number of nitrogens with one attached hydrogen (secondary N) is 1. The quantitative estimate of drug-likeness (QED) is 0.634. The molecule has 1 aromatic heterocycles. The summed E-state index contributed by atoms with van der Waals surface area (Å²) in [5.41, 5.74) is 3.73. The monoisotopic (exact) mass is 355 g/mol. The second-order valence-corrected chi connectivity index (χ2v) is 7.03. The molecule has 3 nitrogen and oxygen atoms in total. The fourth-order valence-corrected chi connectivity index (χ4v) is 3.74. The predicted octanol–water partition coefficient (Wildman–Crippen LogP) is 5.42. The van der Waals surface area contributed by atoms with Gasteiger partial charge in [0.15, 0.2) is 4.77 Å². The number of rotatable bonds is 4. The van der Waals surface area contributed by atoms with Crippen LogP contribution in [0.3, 0.4) is 0 Å². The zero-order valence-corrected chi connectivity index (χ0v) is 14.9. The topological polar surface area (TPSA) is 33.6 Å². The first-order valence-corrected chi connectivity index (χ1v) is 8.98. The third kappa shape index (κ3) is 2.70. The Hall–Kier alpha value is -1.91. The minimum Gasteiger partial charge on any atom is -0.272 e. The molecule has 24 heavy (non-hydrogen) atoms. The highest BCUT2D eigenvalue weighted by molar-refractivity contribution is 7.71. The van der Waals surface area contributed by atoms with E-state index >= 15 is 0 Å². The van der Waals surface area contributed by atoms with Crippen molar-refractivity contribution in [1.82, 2.24) is 14.8 Å². The number of aromatic nitrogens is 3. The van der Waals surface area contributed by atoms with E-state index in [0.29, 0.717) is 16.6 Å². The molecule has 1 aliphatic rings. The van der Waals surface area contributed by atoms with Crippen LogP contribution in [0, 0.1) is 4.77 Å². The summed E-state index contributed by atoms with van der Waals surface area (Å²) in [4.78, 5) is 0. The van der Waals surface area contributed by atoms with Gasteiger partial charge in [0.25, 0.3) is 0 Å². The van der Waals surface area contributed by atoms with Crippen LogP contribution in [0.25, 0.3) is 5.69 Å². The standard InChI is InChI=1S/C19H18ClN3S/c1-2-12-5-3-4-6-17(12)23-18(21-22-19(23)24)16-11-15(16)13-7-9-14(20)10-8-13/h3-10,15-16H,2,11H2,1H3,(H,22,24)/t15-,16+/m1/s1. The van der Waals surface area contributed by atoms with Crippen LogP contribution in [0.1, 0.15) is 42.1 Å². The smallest absolute Gasteiger partial charge is 0.199 e. The molecule has 122 valence electrons. The maximum absolute atomic E-state index is 6.00. The molecule has 0 bridgehead atoms. The minimum atomic E-state index is 0.393. The Morgan fingerprint density at radius 1 is 1.17 bits per heavy atom. The van der Waals surface area contributed by atoms with Crippen molar-refractivity contribution in [1.29, 1.82) is 0 Å². The van der Waals surface area contributed by atoms with Crippen molar-refractivity contribution < 1.29 is 0 Å². The van der Waals surface area contributed by atoms with E-state index in [2.05, 4.69) is 58.1 Å². The minimum absolute atomic E-state index is 0.393. The number of H-pyrrole nitrogens is 1. The summed E-state index contributed by atoms with van der Waals surface area (Å²) in [5.74, 6) is 1.91. The number of aromatic amines is 1. The molecule has 0 amide bonds. The summed E-state index contributed by atoms with van der Waals surface area (Å²) < 4.78 is 2.77. The van der Waals surface area contributed by atoms with Crippen molar-refractivity contribution in [3.05, 3.63) is 75.3 Å². The fourth-order valence-electron chi connectivity index (χ4n) is 3.38. The Labute approximate surface area is 151 Å². The molecule has 2 aromatic carbocycles. The lowest BCUT2D eigenvalue weighted by molar-refractivity contribution is 0.838. The summed E-state index contributed by atoms with van der Waals surface area (Å²) in [5, 5.41) is 8.30. The summed E-state index contributed by atoms with van der Waals surface area (Å²) >= 11 is 11.5. The Bertz CT molecular complexity index is 926. The molecule has 0 radical (unpaired) electrons. The first kappa shape index (κ1) is 15.6. The molecule has 1 aliphatic carbocycles. The van der Waals surface area contributed by atoms with Gasteiger partial charge in [-0.15, -0.1) is 0 Å². The predicted molar refractivity (Wildman–Crippen MR) is 99.7 cm³/mol. The number of hydrogen-bond donors (Lipinski definition) is 1. The highest BCUT2D eigenvalue weighted by Crippen LogP contribution is 2.54. The number of hydrogen-bond acceptors (Lipinski definition) is 2. The van der Waals surface area contributed by atoms with E-state index in [1.165, 1.54) is 11.1 Å². The number of nitrogens with zero attached hydrogens (tertiary/aromatic N) is 2. The van der Waals surface area contributed by atoms with Crippen LogP contribution in [0.2, 0.25) is 5.02 Å². The van der Waals surface area contributed by atoms with Gasteiger partial charge >= 0.3 is 0 Å². The van der Waals surface area contributed by atoms with Gasteiger partial charge in [-0.1, -0.05) is 48.9 Å². The van der Waals surface area contributed by atoms with E-state index in [1.807, 2.05) is 12.1 Å². The lowest BCUT2D eigenvalue weighted by Crippen LogP contribution is -2.04. The lowest BCUT2D eigenvalue weighted by Gasteiger charge is -2.11. The molecule has 4 rings (SSSR count). The zero-order valence-electron chi connectivity index (χ0n) is 13.4. The molecular weight excluding hydrogens is 338 g/mol. The van der Waals surface area contributed by atoms with Gasteiger partial charge in [-0.25, -0.2) is 0 Å². The highest BCUT2D eigenvalue weighted by Gasteiger charge is 2.43. The number of para-hydroxylation sites is 1. The van der Waals surface area contributed by atoms with E-state index in [4.69, 9.17) is 23.8 Å². The van der Waals surface area contributed by atoms with Crippen LogP contribution < -0.4 is 0 Å². The van der Waals surface area contributed by atoms with Gasteiger partial charge in [0.05, 0.1) is 5.69 Å². The summed E-state index contributed by atoms with van der Waals surface area (Å²) in [6, 6.07) is 16.5. The van der Waals surface area contributed by atoms with E-state index in [1.54, 1.807) is 0 Å². The van der Waals surface area contributed by atoms with E-state index in [9.17, 15) is 0 Å². The number of halogens is 1. The van der Waals surface area contributed by atoms with Crippen LogP contribution in [-0.4, -0.2) is 14.8 Å². The van der Waals surface area contributed by atoms with Gasteiger partial charge < -0.3 is 0 Å². The molecule has 2 atom stereocenters. The fraction of sp³-hybridized carbons (Fsp3) is 0.263. The SMILES string of the molecule is CCc1ccccc1-n1c([C@H]2C[C@@H]2c2ccc(Cl)cc2)n[nH]c1=S. The molecule has 1 heterocycles. The maximum atomic E-state index is 6.00. The third-order valence-corrected chi connectivity index (χ3v) is 5.26. The largest absolute Gasteiger partial charge is 0.272 e. The molecule has 0 unspecified atom stereocenters. The number of benzene rings is 2. The molecule has 0 spiro atoms. The first-order chi connectivity index (χ1) is 11.7. The molecule has 3 aromatic rings. The summed E-state index contributed by atoms with van der Waals surface area (Å²) in [7, 11) is 0. The molecular formula is C19H18ClN3S. The van der Waals surface area contributed by atoms with Crippen LogP contribution in [0.15, 0.2) is 48.5 Å². The molecule has 0 saturated heterocycles. The molecule has 0 aliphatic heterocycles. The first-order valence-electron chi connectivity index (χ1n) is 8.20. The van der Waals surface area contributed by atoms with Gasteiger partial charge in [-0.2, -0.15) is 5.10 Å². The van der Waals surface area contributed by atoms with Crippen molar-refractivity contribution in [3.63, 3.8) is 0 Å². The third-order valence-electron chi connectivity index (χ3n) is 4.73. The normalized spacial score (nSPS) is 19.4. The van der Waals surface area contributed by atoms with E-state index < -0.39 is 0 Å². The van der Waals surface area contributed by atoms with Crippen LogP contribution >= 0.6 is 23.8 Å². The van der Waals surface area contributed by atoms with Crippen LogP contribution in [-0.2, 0) is 6.42 Å². The lowest BCUT2D eigenvalue weighted by atomic mass is 10.1. The molecule has 1 fully saturated rings. The summed E-state index contributed by atoms with van der Waals surface area (Å²) in [6.07, 6.45) is 2.06. The average Bonchev–Trinajstić information content (AvgIpc) is 3.31. The number of aryl methyl sites for hydroxylation is 1. The summed E-state index contributed by atoms with van der Waals surface area (Å²) in [6.45, 7) is 2.16. The second kappa shape index (κ2) is 6.19. The Balaban J connectivity index is 1.72. The molecule has 1 saturated carbocycles. The van der Waals surface area contributed by atoms with Crippen molar-refractivity contribution in [2.75, 3.05) is 0 Å². The van der Waals surface area contributed by atoms with Gasteiger partial charge in [-0.3, -0.25) is 9.67 Å². The van der Waals surface area contributed by atoms with Crippen LogP contribution in [0.4, 0.5) is 0 Å². The van der Waals surface area contributed by atoms with Gasteiger partial charge in [0.2, 0.25) is 0 Å². The molecule has 5 heteroatoms.